The van der Waals surface area contributed by atoms with Crippen molar-refractivity contribution in [3.63, 3.8) is 0 Å². The number of carbonyl (C=O) groups excluding carboxylic acids is 2. The molecular weight excluding hydrogens is 520 g/mol. The Morgan fingerprint density at radius 3 is 1.40 bits per heavy atom. The number of benzene rings is 1. The maximum absolute atomic E-state index is 13.0. The van der Waals surface area contributed by atoms with E-state index in [9.17, 15) is 9.59 Å². The third kappa shape index (κ3) is 20.0. The van der Waals surface area contributed by atoms with Crippen LogP contribution in [0.3, 0.4) is 0 Å². The van der Waals surface area contributed by atoms with Gasteiger partial charge in [0, 0.05) is 18.7 Å². The summed E-state index contributed by atoms with van der Waals surface area (Å²) in [6.45, 7) is 8.63. The highest BCUT2D eigenvalue weighted by molar-refractivity contribution is 6.00. The molecule has 0 atom stereocenters. The monoisotopic (exact) mass is 587 g/mol. The second kappa shape index (κ2) is 27.8. The Kier molecular flexibility index (Phi) is 25.1. The van der Waals surface area contributed by atoms with Gasteiger partial charge in [0.25, 0.3) is 11.8 Å². The smallest absolute Gasteiger partial charge is 0.255 e. The Labute approximate surface area is 259 Å². The van der Waals surface area contributed by atoms with Crippen LogP contribution in [0.15, 0.2) is 18.2 Å². The van der Waals surface area contributed by atoms with Crippen molar-refractivity contribution in [2.24, 2.45) is 0 Å². The van der Waals surface area contributed by atoms with Gasteiger partial charge in [-0.1, -0.05) is 149 Å². The zero-order valence-corrected chi connectivity index (χ0v) is 27.8. The Morgan fingerprint density at radius 1 is 0.524 bits per heavy atom. The van der Waals surface area contributed by atoms with E-state index in [0.717, 1.165) is 38.5 Å². The molecule has 0 saturated carbocycles. The van der Waals surface area contributed by atoms with Crippen molar-refractivity contribution in [1.29, 1.82) is 0 Å². The number of rotatable bonds is 29. The molecule has 0 fully saturated rings. The predicted octanol–water partition coefficient (Wildman–Crippen LogP) is 10.6. The van der Waals surface area contributed by atoms with Crippen molar-refractivity contribution in [2.45, 2.75) is 168 Å². The zero-order valence-electron chi connectivity index (χ0n) is 27.8. The first kappa shape index (κ1) is 38.0. The molecule has 0 heterocycles. The van der Waals surface area contributed by atoms with Crippen molar-refractivity contribution in [3.05, 3.63) is 29.3 Å². The summed E-state index contributed by atoms with van der Waals surface area (Å²) >= 11 is 0. The van der Waals surface area contributed by atoms with Crippen LogP contribution in [-0.4, -0.2) is 31.5 Å². The van der Waals surface area contributed by atoms with Gasteiger partial charge in [-0.2, -0.15) is 0 Å². The summed E-state index contributed by atoms with van der Waals surface area (Å²) in [7, 11) is 0. The van der Waals surface area contributed by atoms with Crippen molar-refractivity contribution < 1.29 is 14.3 Å². The molecular formula is C37H66N2O3. The normalized spacial score (nSPS) is 11.0. The van der Waals surface area contributed by atoms with E-state index in [0.29, 0.717) is 36.6 Å². The summed E-state index contributed by atoms with van der Waals surface area (Å²) in [6, 6.07) is 5.27. The van der Waals surface area contributed by atoms with Crippen LogP contribution in [0.1, 0.15) is 189 Å². The molecule has 1 rings (SSSR count). The first-order chi connectivity index (χ1) is 20.6. The second-order valence-corrected chi connectivity index (χ2v) is 12.1. The molecule has 0 radical (unpaired) electrons. The van der Waals surface area contributed by atoms with Crippen LogP contribution in [-0.2, 0) is 0 Å². The number of nitrogens with one attached hydrogen (secondary N) is 2. The largest absolute Gasteiger partial charge is 0.493 e. The van der Waals surface area contributed by atoms with Gasteiger partial charge in [0.1, 0.15) is 5.75 Å². The van der Waals surface area contributed by atoms with E-state index in [1.807, 2.05) is 0 Å². The van der Waals surface area contributed by atoms with Crippen LogP contribution in [0, 0.1) is 0 Å². The molecule has 0 spiro atoms. The molecule has 2 N–H and O–H groups in total. The van der Waals surface area contributed by atoms with E-state index in [-0.39, 0.29) is 11.8 Å². The minimum absolute atomic E-state index is 0.0952. The van der Waals surface area contributed by atoms with Crippen LogP contribution in [0.25, 0.3) is 0 Å². The highest BCUT2D eigenvalue weighted by Gasteiger charge is 2.16. The Balaban J connectivity index is 2.53. The molecule has 5 nitrogen and oxygen atoms in total. The quantitative estimate of drug-likeness (QED) is 0.0918. The average Bonchev–Trinajstić information content (AvgIpc) is 3.00. The maximum Gasteiger partial charge on any atom is 0.255 e. The van der Waals surface area contributed by atoms with Gasteiger partial charge < -0.3 is 15.4 Å². The number of hydrogen-bond acceptors (Lipinski definition) is 3. The van der Waals surface area contributed by atoms with Gasteiger partial charge in [-0.25, -0.2) is 0 Å². The third-order valence-electron chi connectivity index (χ3n) is 8.13. The summed E-state index contributed by atoms with van der Waals surface area (Å²) in [5.74, 6) is 0.313. The highest BCUT2D eigenvalue weighted by Crippen LogP contribution is 2.22. The summed E-state index contributed by atoms with van der Waals surface area (Å²) in [6.07, 6.45) is 28.4. The van der Waals surface area contributed by atoms with Gasteiger partial charge >= 0.3 is 0 Å². The third-order valence-corrected chi connectivity index (χ3v) is 8.13. The van der Waals surface area contributed by atoms with E-state index in [1.165, 1.54) is 109 Å². The van der Waals surface area contributed by atoms with Gasteiger partial charge in [-0.15, -0.1) is 0 Å². The van der Waals surface area contributed by atoms with Gasteiger partial charge in [0.15, 0.2) is 0 Å². The lowest BCUT2D eigenvalue weighted by molar-refractivity contribution is 0.0937. The van der Waals surface area contributed by atoms with E-state index in [1.54, 1.807) is 18.2 Å². The topological polar surface area (TPSA) is 67.4 Å². The standard InChI is InChI=1S/C37H66N2O3/c1-4-7-10-13-16-17-18-19-20-23-26-31-42-35-32-33(36(40)38-29-24-21-14-11-8-5-2)27-28-34(35)37(41)39-30-25-22-15-12-9-6-3/h27-28,32H,4-26,29-31H2,1-3H3,(H,38,40)(H,39,41). The molecule has 0 aliphatic carbocycles. The molecule has 242 valence electrons. The Morgan fingerprint density at radius 2 is 0.929 bits per heavy atom. The van der Waals surface area contributed by atoms with Gasteiger partial charge in [0.05, 0.1) is 12.2 Å². The van der Waals surface area contributed by atoms with Crippen LogP contribution >= 0.6 is 0 Å². The van der Waals surface area contributed by atoms with Gasteiger partial charge in [-0.3, -0.25) is 9.59 Å². The van der Waals surface area contributed by atoms with Crippen molar-refractivity contribution in [2.75, 3.05) is 19.7 Å². The summed E-state index contributed by atoms with van der Waals surface area (Å²) in [5.41, 5.74) is 1.08. The van der Waals surface area contributed by atoms with Crippen molar-refractivity contribution >= 4 is 11.8 Å². The molecule has 0 unspecified atom stereocenters. The summed E-state index contributed by atoms with van der Waals surface area (Å²) < 4.78 is 6.14. The minimum Gasteiger partial charge on any atom is -0.493 e. The molecule has 1 aromatic carbocycles. The molecule has 0 bridgehead atoms. The molecule has 2 amide bonds. The van der Waals surface area contributed by atoms with E-state index < -0.39 is 0 Å². The predicted molar refractivity (Wildman–Crippen MR) is 180 cm³/mol. The first-order valence-electron chi connectivity index (χ1n) is 18.0. The average molecular weight is 587 g/mol. The van der Waals surface area contributed by atoms with E-state index >= 15 is 0 Å². The van der Waals surface area contributed by atoms with Crippen LogP contribution < -0.4 is 15.4 Å². The summed E-state index contributed by atoms with van der Waals surface area (Å²) in [4.78, 5) is 25.9. The zero-order chi connectivity index (χ0) is 30.5. The van der Waals surface area contributed by atoms with Gasteiger partial charge in [0.2, 0.25) is 0 Å². The van der Waals surface area contributed by atoms with Crippen molar-refractivity contribution in [3.8, 4) is 5.75 Å². The lowest BCUT2D eigenvalue weighted by Crippen LogP contribution is -2.26. The number of hydrogen-bond donors (Lipinski definition) is 2. The molecule has 5 heteroatoms. The lowest BCUT2D eigenvalue weighted by atomic mass is 10.1. The lowest BCUT2D eigenvalue weighted by Gasteiger charge is -2.14. The van der Waals surface area contributed by atoms with E-state index in [2.05, 4.69) is 31.4 Å². The number of carbonyl (C=O) groups is 2. The van der Waals surface area contributed by atoms with Crippen LogP contribution in [0.5, 0.6) is 5.75 Å². The van der Waals surface area contributed by atoms with Crippen LogP contribution in [0.4, 0.5) is 0 Å². The highest BCUT2D eigenvalue weighted by atomic mass is 16.5. The second-order valence-electron chi connectivity index (χ2n) is 12.1. The molecule has 0 aromatic heterocycles. The Hall–Kier alpha value is -2.04. The van der Waals surface area contributed by atoms with Crippen LogP contribution in [0.2, 0.25) is 0 Å². The molecule has 0 aliphatic heterocycles. The Bertz CT molecular complexity index is 795. The minimum atomic E-state index is -0.114. The van der Waals surface area contributed by atoms with E-state index in [4.69, 9.17) is 4.74 Å². The fourth-order valence-corrected chi connectivity index (χ4v) is 5.33. The number of amides is 2. The first-order valence-corrected chi connectivity index (χ1v) is 18.0. The SMILES string of the molecule is CCCCCCCCCCCCCOc1cc(C(=O)NCCCCCCCC)ccc1C(=O)NCCCCCCCC. The fraction of sp³-hybridized carbons (Fsp3) is 0.784. The fourth-order valence-electron chi connectivity index (χ4n) is 5.33. The molecule has 1 aromatic rings. The number of unbranched alkanes of at least 4 members (excludes halogenated alkanes) is 20. The number of ether oxygens (including phenoxy) is 1. The molecule has 0 saturated heterocycles. The molecule has 42 heavy (non-hydrogen) atoms. The van der Waals surface area contributed by atoms with Gasteiger partial charge in [-0.05, 0) is 37.5 Å². The summed E-state index contributed by atoms with van der Waals surface area (Å²) in [5, 5.41) is 6.12. The molecule has 0 aliphatic rings. The van der Waals surface area contributed by atoms with Crippen molar-refractivity contribution in [1.82, 2.24) is 10.6 Å². The maximum atomic E-state index is 13.0.